The first-order valence-electron chi connectivity index (χ1n) is 5.89. The van der Waals surface area contributed by atoms with Crippen molar-refractivity contribution in [3.63, 3.8) is 0 Å². The molecule has 3 saturated carbocycles. The summed E-state index contributed by atoms with van der Waals surface area (Å²) in [6.45, 7) is 1.56. The smallest absolute Gasteiger partial charge is 0.311 e. The fraction of sp³-hybridized carbons (Fsp3) is 0.833. The highest BCUT2D eigenvalue weighted by Crippen LogP contribution is 2.52. The number of hydrogen-bond acceptors (Lipinski definition) is 3. The first-order valence-corrected chi connectivity index (χ1v) is 5.89. The van der Waals surface area contributed by atoms with Crippen LogP contribution in [0.25, 0.3) is 0 Å². The topological polar surface area (TPSA) is 55.4 Å². The minimum atomic E-state index is -0.255. The lowest BCUT2D eigenvalue weighted by Crippen LogP contribution is -2.58. The number of methoxy groups -OCH3 is 1. The Kier molecular flexibility index (Phi) is 2.68. The number of rotatable bonds is 2. The molecule has 0 aliphatic heterocycles. The molecular formula is C12H19NO3. The molecule has 3 rings (SSSR count). The first-order chi connectivity index (χ1) is 7.52. The number of ether oxygens (including phenoxy) is 1. The maximum atomic E-state index is 11.8. The second-order valence-electron chi connectivity index (χ2n) is 5.23. The molecule has 4 heteroatoms. The van der Waals surface area contributed by atoms with Crippen LogP contribution in [0.4, 0.5) is 0 Å². The van der Waals surface area contributed by atoms with E-state index in [-0.39, 0.29) is 22.8 Å². The third kappa shape index (κ3) is 1.70. The molecular weight excluding hydrogens is 206 g/mol. The molecule has 3 aliphatic carbocycles. The van der Waals surface area contributed by atoms with Crippen molar-refractivity contribution in [3.05, 3.63) is 0 Å². The van der Waals surface area contributed by atoms with Crippen LogP contribution in [0.5, 0.6) is 0 Å². The third-order valence-corrected chi connectivity index (χ3v) is 4.31. The lowest BCUT2D eigenvalue weighted by atomic mass is 9.57. The number of nitrogens with one attached hydrogen (secondary N) is 1. The van der Waals surface area contributed by atoms with Crippen LogP contribution >= 0.6 is 0 Å². The van der Waals surface area contributed by atoms with Gasteiger partial charge in [0.15, 0.2) is 0 Å². The Labute approximate surface area is 95.7 Å². The Hall–Kier alpha value is -1.06. The van der Waals surface area contributed by atoms with Crippen LogP contribution in [0.15, 0.2) is 0 Å². The van der Waals surface area contributed by atoms with Gasteiger partial charge in [-0.1, -0.05) is 0 Å². The average molecular weight is 225 g/mol. The molecule has 0 atom stereocenters. The highest BCUT2D eigenvalue weighted by molar-refractivity contribution is 5.78. The van der Waals surface area contributed by atoms with Gasteiger partial charge in [-0.05, 0) is 38.5 Å². The molecule has 1 amide bonds. The molecule has 0 saturated heterocycles. The second-order valence-corrected chi connectivity index (χ2v) is 5.23. The monoisotopic (exact) mass is 225 g/mol. The van der Waals surface area contributed by atoms with Gasteiger partial charge in [-0.15, -0.1) is 0 Å². The number of amides is 1. The summed E-state index contributed by atoms with van der Waals surface area (Å²) in [5, 5.41) is 3.07. The third-order valence-electron chi connectivity index (χ3n) is 4.31. The first kappa shape index (κ1) is 11.4. The van der Waals surface area contributed by atoms with Crippen molar-refractivity contribution in [1.29, 1.82) is 0 Å². The summed E-state index contributed by atoms with van der Waals surface area (Å²) in [5.74, 6) is -0.0314. The molecule has 0 aromatic heterocycles. The molecule has 0 heterocycles. The van der Waals surface area contributed by atoms with Crippen molar-refractivity contribution in [2.45, 2.75) is 51.0 Å². The Balaban J connectivity index is 2.08. The fourth-order valence-electron chi connectivity index (χ4n) is 3.27. The summed E-state index contributed by atoms with van der Waals surface area (Å²) in [4.78, 5) is 22.9. The van der Waals surface area contributed by atoms with Crippen LogP contribution in [0.3, 0.4) is 0 Å². The Bertz CT molecular complexity index is 300. The highest BCUT2D eigenvalue weighted by Gasteiger charge is 2.53. The van der Waals surface area contributed by atoms with Gasteiger partial charge in [0.05, 0.1) is 12.5 Å². The maximum Gasteiger partial charge on any atom is 0.311 e. The summed E-state index contributed by atoms with van der Waals surface area (Å²) < 4.78 is 4.90. The molecule has 0 aromatic carbocycles. The molecule has 16 heavy (non-hydrogen) atoms. The van der Waals surface area contributed by atoms with Crippen molar-refractivity contribution in [2.75, 3.05) is 7.11 Å². The van der Waals surface area contributed by atoms with Crippen molar-refractivity contribution in [2.24, 2.45) is 5.41 Å². The Morgan fingerprint density at radius 3 is 1.94 bits per heavy atom. The normalized spacial score (nSPS) is 36.9. The van der Waals surface area contributed by atoms with Crippen molar-refractivity contribution in [3.8, 4) is 0 Å². The molecule has 1 N–H and O–H groups in total. The lowest BCUT2D eigenvalue weighted by molar-refractivity contribution is -0.160. The van der Waals surface area contributed by atoms with Gasteiger partial charge in [0.1, 0.15) is 0 Å². The molecule has 2 bridgehead atoms. The summed E-state index contributed by atoms with van der Waals surface area (Å²) in [5.41, 5.74) is -0.295. The van der Waals surface area contributed by atoms with E-state index in [1.807, 2.05) is 0 Å². The SMILES string of the molecule is COC(=O)C12CCC(NC(C)=O)(CC1)CC2. The van der Waals surface area contributed by atoms with E-state index in [9.17, 15) is 9.59 Å². The summed E-state index contributed by atoms with van der Waals surface area (Å²) in [7, 11) is 1.46. The zero-order valence-electron chi connectivity index (χ0n) is 9.97. The number of fused-ring (bicyclic) bond motifs is 3. The van der Waals surface area contributed by atoms with Gasteiger partial charge < -0.3 is 10.1 Å². The van der Waals surface area contributed by atoms with E-state index in [0.29, 0.717) is 0 Å². The summed E-state index contributed by atoms with van der Waals surface area (Å²) >= 11 is 0. The van der Waals surface area contributed by atoms with Gasteiger partial charge >= 0.3 is 5.97 Å². The van der Waals surface area contributed by atoms with E-state index in [0.717, 1.165) is 38.5 Å². The van der Waals surface area contributed by atoms with Crippen LogP contribution in [-0.4, -0.2) is 24.5 Å². The van der Waals surface area contributed by atoms with Crippen LogP contribution in [0, 0.1) is 5.41 Å². The number of carbonyl (C=O) groups excluding carboxylic acids is 2. The van der Waals surface area contributed by atoms with Crippen LogP contribution in [0.1, 0.15) is 45.4 Å². The number of carbonyl (C=O) groups is 2. The van der Waals surface area contributed by atoms with E-state index >= 15 is 0 Å². The minimum absolute atomic E-state index is 0.0347. The predicted octanol–water partition coefficient (Wildman–Crippen LogP) is 1.39. The van der Waals surface area contributed by atoms with Crippen molar-refractivity contribution < 1.29 is 14.3 Å². The fourth-order valence-corrected chi connectivity index (χ4v) is 3.27. The largest absolute Gasteiger partial charge is 0.469 e. The molecule has 0 unspecified atom stereocenters. The van der Waals surface area contributed by atoms with Gasteiger partial charge in [-0.2, -0.15) is 0 Å². The second kappa shape index (κ2) is 3.75. The van der Waals surface area contributed by atoms with E-state index < -0.39 is 0 Å². The van der Waals surface area contributed by atoms with E-state index in [1.165, 1.54) is 7.11 Å². The predicted molar refractivity (Wildman–Crippen MR) is 58.7 cm³/mol. The minimum Gasteiger partial charge on any atom is -0.469 e. The van der Waals surface area contributed by atoms with Gasteiger partial charge in [0.2, 0.25) is 5.91 Å². The summed E-state index contributed by atoms with van der Waals surface area (Å²) in [6.07, 6.45) is 5.25. The summed E-state index contributed by atoms with van der Waals surface area (Å²) in [6, 6.07) is 0. The van der Waals surface area contributed by atoms with E-state index in [2.05, 4.69) is 5.32 Å². The lowest BCUT2D eigenvalue weighted by Gasteiger charge is -2.51. The number of hydrogen-bond donors (Lipinski definition) is 1. The Morgan fingerprint density at radius 2 is 1.56 bits per heavy atom. The highest BCUT2D eigenvalue weighted by atomic mass is 16.5. The van der Waals surface area contributed by atoms with Gasteiger partial charge in [0.25, 0.3) is 0 Å². The molecule has 4 nitrogen and oxygen atoms in total. The van der Waals surface area contributed by atoms with Gasteiger partial charge in [-0.3, -0.25) is 9.59 Å². The standard InChI is InChI=1S/C12H19NO3/c1-9(14)13-12-6-3-11(4-7-12,5-8-12)10(15)16-2/h3-8H2,1-2H3,(H,13,14). The average Bonchev–Trinajstić information content (AvgIpc) is 2.29. The number of esters is 1. The molecule has 90 valence electrons. The van der Waals surface area contributed by atoms with Crippen LogP contribution in [-0.2, 0) is 14.3 Å². The molecule has 3 aliphatic rings. The van der Waals surface area contributed by atoms with Crippen molar-refractivity contribution in [1.82, 2.24) is 5.32 Å². The van der Waals surface area contributed by atoms with Crippen LogP contribution in [0.2, 0.25) is 0 Å². The van der Waals surface area contributed by atoms with Crippen molar-refractivity contribution >= 4 is 11.9 Å². The van der Waals surface area contributed by atoms with Gasteiger partial charge in [0, 0.05) is 12.5 Å². The zero-order chi connectivity index (χ0) is 11.8. The quantitative estimate of drug-likeness (QED) is 0.722. The van der Waals surface area contributed by atoms with Crippen LogP contribution < -0.4 is 5.32 Å². The molecule has 3 fully saturated rings. The molecule has 0 radical (unpaired) electrons. The molecule has 0 spiro atoms. The van der Waals surface area contributed by atoms with E-state index in [1.54, 1.807) is 6.92 Å². The Morgan fingerprint density at radius 1 is 1.06 bits per heavy atom. The van der Waals surface area contributed by atoms with E-state index in [4.69, 9.17) is 4.74 Å². The van der Waals surface area contributed by atoms with Gasteiger partial charge in [-0.25, -0.2) is 0 Å². The molecule has 0 aromatic rings. The maximum absolute atomic E-state index is 11.8. The zero-order valence-corrected chi connectivity index (χ0v) is 9.97.